The minimum atomic E-state index is -3.81. The molecule has 2 rings (SSSR count). The van der Waals surface area contributed by atoms with Crippen molar-refractivity contribution >= 4 is 20.0 Å². The molecule has 1 aromatic rings. The monoisotopic (exact) mass is 333 g/mol. The molecule has 1 saturated heterocycles. The number of sulfonamides is 2. The predicted octanol–water partition coefficient (Wildman–Crippen LogP) is -0.436. The lowest BCUT2D eigenvalue weighted by Gasteiger charge is -2.36. The zero-order valence-electron chi connectivity index (χ0n) is 11.7. The highest BCUT2D eigenvalue weighted by Crippen LogP contribution is 2.17. The average molecular weight is 333 g/mol. The number of hydrogen-bond donors (Lipinski definition) is 2. The summed E-state index contributed by atoms with van der Waals surface area (Å²) in [6.45, 7) is 2.35. The van der Waals surface area contributed by atoms with Crippen LogP contribution >= 0.6 is 0 Å². The van der Waals surface area contributed by atoms with Gasteiger partial charge in [-0.1, -0.05) is 0 Å². The van der Waals surface area contributed by atoms with E-state index in [2.05, 4.69) is 9.62 Å². The Morgan fingerprint density at radius 3 is 2.14 bits per heavy atom. The molecule has 0 unspecified atom stereocenters. The van der Waals surface area contributed by atoms with Crippen molar-refractivity contribution in [3.8, 4) is 0 Å². The maximum absolute atomic E-state index is 12.0. The van der Waals surface area contributed by atoms with E-state index in [1.807, 2.05) is 7.05 Å². The molecule has 1 aliphatic rings. The lowest BCUT2D eigenvalue weighted by Crippen LogP contribution is -2.45. The molecule has 118 valence electrons. The van der Waals surface area contributed by atoms with Crippen LogP contribution in [0.15, 0.2) is 34.1 Å². The smallest absolute Gasteiger partial charge is 0.240 e. The molecule has 0 radical (unpaired) electrons. The summed E-state index contributed by atoms with van der Waals surface area (Å²) in [5.74, 6) is 0.530. The summed E-state index contributed by atoms with van der Waals surface area (Å²) in [6.07, 6.45) is 0.791. The molecule has 0 aliphatic carbocycles. The number of primary sulfonamides is 1. The van der Waals surface area contributed by atoms with E-state index in [0.717, 1.165) is 19.5 Å². The first-order chi connectivity index (χ1) is 9.68. The Labute approximate surface area is 125 Å². The number of nitrogens with one attached hydrogen (secondary N) is 1. The van der Waals surface area contributed by atoms with Crippen LogP contribution in [0.5, 0.6) is 0 Å². The van der Waals surface area contributed by atoms with Crippen molar-refractivity contribution in [1.82, 2.24) is 9.62 Å². The van der Waals surface area contributed by atoms with Gasteiger partial charge in [-0.3, -0.25) is 0 Å². The van der Waals surface area contributed by atoms with Crippen LogP contribution in [-0.2, 0) is 20.0 Å². The second-order valence-corrected chi connectivity index (χ2v) is 8.62. The normalized spacial score (nSPS) is 17.6. The second-order valence-electron chi connectivity index (χ2n) is 5.29. The Balaban J connectivity index is 1.96. The van der Waals surface area contributed by atoms with Crippen molar-refractivity contribution in [2.45, 2.75) is 16.2 Å². The SMILES string of the molecule is CN1CC(CCNS(=O)(=O)c2ccc(S(N)(=O)=O)cc2)C1. The molecule has 0 atom stereocenters. The Morgan fingerprint density at radius 2 is 1.67 bits per heavy atom. The van der Waals surface area contributed by atoms with Gasteiger partial charge in [0.2, 0.25) is 20.0 Å². The minimum Gasteiger partial charge on any atom is -0.306 e. The highest BCUT2D eigenvalue weighted by molar-refractivity contribution is 7.89. The van der Waals surface area contributed by atoms with E-state index in [1.54, 1.807) is 0 Å². The molecule has 0 saturated carbocycles. The Bertz CT molecular complexity index is 693. The predicted molar refractivity (Wildman–Crippen MR) is 78.6 cm³/mol. The number of nitrogens with two attached hydrogens (primary N) is 1. The van der Waals surface area contributed by atoms with E-state index in [9.17, 15) is 16.8 Å². The number of likely N-dealkylation sites (tertiary alicyclic amines) is 1. The Morgan fingerprint density at radius 1 is 1.14 bits per heavy atom. The molecule has 0 spiro atoms. The van der Waals surface area contributed by atoms with Crippen molar-refractivity contribution < 1.29 is 16.8 Å². The van der Waals surface area contributed by atoms with Gasteiger partial charge >= 0.3 is 0 Å². The summed E-state index contributed by atoms with van der Waals surface area (Å²) >= 11 is 0. The van der Waals surface area contributed by atoms with E-state index < -0.39 is 20.0 Å². The first-order valence-electron chi connectivity index (χ1n) is 6.49. The third kappa shape index (κ3) is 4.24. The lowest BCUT2D eigenvalue weighted by atomic mass is 9.98. The van der Waals surface area contributed by atoms with Crippen LogP contribution in [0.2, 0.25) is 0 Å². The highest BCUT2D eigenvalue weighted by atomic mass is 32.2. The molecule has 0 amide bonds. The second kappa shape index (κ2) is 6.01. The number of benzene rings is 1. The van der Waals surface area contributed by atoms with Crippen molar-refractivity contribution in [2.75, 3.05) is 26.7 Å². The van der Waals surface area contributed by atoms with E-state index >= 15 is 0 Å². The molecule has 9 heteroatoms. The van der Waals surface area contributed by atoms with Crippen LogP contribution in [-0.4, -0.2) is 48.4 Å². The van der Waals surface area contributed by atoms with Crippen LogP contribution in [0.25, 0.3) is 0 Å². The van der Waals surface area contributed by atoms with Crippen LogP contribution in [0.1, 0.15) is 6.42 Å². The fourth-order valence-electron chi connectivity index (χ4n) is 2.30. The standard InChI is InChI=1S/C12H19N3O4S2/c1-15-8-10(9-15)6-7-14-21(18,19)12-4-2-11(3-5-12)20(13,16)17/h2-5,10,14H,6-9H2,1H3,(H2,13,16,17). The van der Waals surface area contributed by atoms with E-state index in [0.29, 0.717) is 12.5 Å². The fraction of sp³-hybridized carbons (Fsp3) is 0.500. The van der Waals surface area contributed by atoms with Gasteiger partial charge in [-0.25, -0.2) is 26.7 Å². The molecule has 7 nitrogen and oxygen atoms in total. The lowest BCUT2D eigenvalue weighted by molar-refractivity contribution is 0.128. The van der Waals surface area contributed by atoms with Crippen molar-refractivity contribution in [3.63, 3.8) is 0 Å². The van der Waals surface area contributed by atoms with Gasteiger partial charge in [0.1, 0.15) is 0 Å². The number of rotatable bonds is 6. The van der Waals surface area contributed by atoms with Crippen LogP contribution < -0.4 is 9.86 Å². The Hall–Kier alpha value is -1.00. The van der Waals surface area contributed by atoms with Gasteiger partial charge in [0.15, 0.2) is 0 Å². The molecule has 0 aromatic heterocycles. The fourth-order valence-corrected chi connectivity index (χ4v) is 3.86. The van der Waals surface area contributed by atoms with Gasteiger partial charge in [0.25, 0.3) is 0 Å². The molecule has 1 heterocycles. The van der Waals surface area contributed by atoms with E-state index in [-0.39, 0.29) is 9.79 Å². The molecule has 1 aliphatic heterocycles. The van der Waals surface area contributed by atoms with Crippen molar-refractivity contribution in [1.29, 1.82) is 0 Å². The van der Waals surface area contributed by atoms with Gasteiger partial charge in [0, 0.05) is 19.6 Å². The topological polar surface area (TPSA) is 110 Å². The maximum Gasteiger partial charge on any atom is 0.240 e. The van der Waals surface area contributed by atoms with Crippen molar-refractivity contribution in [3.05, 3.63) is 24.3 Å². The Kier molecular flexibility index (Phi) is 4.69. The summed E-state index contributed by atoms with van der Waals surface area (Å²) in [4.78, 5) is 2.09. The average Bonchev–Trinajstić information content (AvgIpc) is 2.35. The summed E-state index contributed by atoms with van der Waals surface area (Å²) in [5, 5.41) is 4.97. The summed E-state index contributed by atoms with van der Waals surface area (Å²) in [6, 6.07) is 4.84. The number of hydrogen-bond acceptors (Lipinski definition) is 5. The zero-order valence-corrected chi connectivity index (χ0v) is 13.3. The van der Waals surface area contributed by atoms with Gasteiger partial charge in [-0.15, -0.1) is 0 Å². The quantitative estimate of drug-likeness (QED) is 0.734. The summed E-state index contributed by atoms with van der Waals surface area (Å²) < 4.78 is 48.8. The van der Waals surface area contributed by atoms with Gasteiger partial charge < -0.3 is 4.90 Å². The molecule has 0 bridgehead atoms. The molecule has 1 aromatic carbocycles. The van der Waals surface area contributed by atoms with Crippen LogP contribution in [0.4, 0.5) is 0 Å². The van der Waals surface area contributed by atoms with Crippen molar-refractivity contribution in [2.24, 2.45) is 11.1 Å². The number of nitrogens with zero attached hydrogens (tertiary/aromatic N) is 1. The first-order valence-corrected chi connectivity index (χ1v) is 9.52. The van der Waals surface area contributed by atoms with Crippen LogP contribution in [0.3, 0.4) is 0 Å². The van der Waals surface area contributed by atoms with Crippen LogP contribution in [0, 0.1) is 5.92 Å². The van der Waals surface area contributed by atoms with E-state index in [4.69, 9.17) is 5.14 Å². The third-order valence-electron chi connectivity index (χ3n) is 3.45. The first kappa shape index (κ1) is 16.4. The molecule has 1 fully saturated rings. The molecule has 21 heavy (non-hydrogen) atoms. The zero-order chi connectivity index (χ0) is 15.7. The minimum absolute atomic E-state index is 0.0284. The maximum atomic E-state index is 12.0. The molecular formula is C12H19N3O4S2. The largest absolute Gasteiger partial charge is 0.306 e. The summed E-state index contributed by atoms with van der Waals surface area (Å²) in [5.41, 5.74) is 0. The molecular weight excluding hydrogens is 314 g/mol. The van der Waals surface area contributed by atoms with Gasteiger partial charge in [-0.2, -0.15) is 0 Å². The highest BCUT2D eigenvalue weighted by Gasteiger charge is 2.23. The molecule has 3 N–H and O–H groups in total. The third-order valence-corrected chi connectivity index (χ3v) is 5.85. The van der Waals surface area contributed by atoms with Gasteiger partial charge in [-0.05, 0) is 43.7 Å². The summed E-state index contributed by atoms with van der Waals surface area (Å²) in [7, 11) is -5.41. The van der Waals surface area contributed by atoms with E-state index in [1.165, 1.54) is 24.3 Å². The van der Waals surface area contributed by atoms with Gasteiger partial charge in [0.05, 0.1) is 9.79 Å².